The summed E-state index contributed by atoms with van der Waals surface area (Å²) < 4.78 is 2.60. The van der Waals surface area contributed by atoms with Crippen LogP contribution in [0.15, 0.2) is 170 Å². The molecule has 220 valence electrons. The highest BCUT2D eigenvalue weighted by Gasteiger charge is 2.16. The van der Waals surface area contributed by atoms with Crippen LogP contribution in [0.4, 0.5) is 0 Å². The highest BCUT2D eigenvalue weighted by molar-refractivity contribution is 7.26. The molecule has 0 fully saturated rings. The molecule has 0 saturated heterocycles. The Labute approximate surface area is 277 Å². The lowest BCUT2D eigenvalue weighted by Crippen LogP contribution is -1.97. The summed E-state index contributed by atoms with van der Waals surface area (Å²) in [7, 11) is 0. The van der Waals surface area contributed by atoms with Crippen LogP contribution in [0, 0.1) is 0 Å². The molecule has 0 saturated carbocycles. The normalized spacial score (nSPS) is 11.4. The van der Waals surface area contributed by atoms with Crippen molar-refractivity contribution >= 4 is 42.3 Å². The van der Waals surface area contributed by atoms with Gasteiger partial charge in [-0.05, 0) is 63.4 Å². The Morgan fingerprint density at radius 1 is 0.362 bits per heavy atom. The molecule has 2 heterocycles. The van der Waals surface area contributed by atoms with Crippen molar-refractivity contribution in [1.82, 2.24) is 9.97 Å². The van der Waals surface area contributed by atoms with Crippen LogP contribution in [0.3, 0.4) is 0 Å². The summed E-state index contributed by atoms with van der Waals surface area (Å²) in [4.78, 5) is 10.4. The minimum absolute atomic E-state index is 0.712. The maximum atomic E-state index is 5.24. The van der Waals surface area contributed by atoms with Crippen LogP contribution < -0.4 is 0 Å². The van der Waals surface area contributed by atoms with E-state index in [2.05, 4.69) is 152 Å². The van der Waals surface area contributed by atoms with Crippen LogP contribution in [0.1, 0.15) is 0 Å². The van der Waals surface area contributed by atoms with E-state index in [4.69, 9.17) is 9.97 Å². The van der Waals surface area contributed by atoms with Crippen molar-refractivity contribution in [2.75, 3.05) is 0 Å². The number of nitrogens with zero attached hydrogens (tertiary/aromatic N) is 2. The van der Waals surface area contributed by atoms with E-state index in [0.717, 1.165) is 33.6 Å². The third-order valence-corrected chi connectivity index (χ3v) is 10.1. The van der Waals surface area contributed by atoms with Crippen LogP contribution in [0.25, 0.3) is 87.1 Å². The molecule has 7 aromatic carbocycles. The fourth-order valence-corrected chi connectivity index (χ4v) is 7.84. The average molecular weight is 617 g/mol. The molecule has 47 heavy (non-hydrogen) atoms. The molecular formula is C44H28N2S. The Bertz CT molecular complexity index is 2560. The van der Waals surface area contributed by atoms with Gasteiger partial charge in [-0.2, -0.15) is 0 Å². The molecule has 0 aliphatic heterocycles. The Morgan fingerprint density at radius 3 is 1.81 bits per heavy atom. The zero-order chi connectivity index (χ0) is 31.2. The number of hydrogen-bond acceptors (Lipinski definition) is 3. The van der Waals surface area contributed by atoms with E-state index < -0.39 is 0 Å². The first kappa shape index (κ1) is 27.4. The van der Waals surface area contributed by atoms with Gasteiger partial charge in [-0.3, -0.25) is 0 Å². The lowest BCUT2D eigenvalue weighted by molar-refractivity contribution is 1.18. The molecule has 0 aliphatic carbocycles. The number of fused-ring (bicyclic) bond motifs is 4. The third kappa shape index (κ3) is 4.98. The topological polar surface area (TPSA) is 25.8 Å². The number of rotatable bonds is 5. The second kappa shape index (κ2) is 11.5. The van der Waals surface area contributed by atoms with E-state index in [-0.39, 0.29) is 0 Å². The Balaban J connectivity index is 1.31. The molecule has 2 aromatic heterocycles. The molecule has 0 radical (unpaired) electrons. The maximum absolute atomic E-state index is 5.24. The number of thiophene rings is 1. The van der Waals surface area contributed by atoms with E-state index in [0.29, 0.717) is 5.82 Å². The van der Waals surface area contributed by atoms with Crippen molar-refractivity contribution < 1.29 is 0 Å². The molecule has 9 aromatic rings. The molecule has 0 unspecified atom stereocenters. The smallest absolute Gasteiger partial charge is 0.160 e. The fourth-order valence-electron chi connectivity index (χ4n) is 6.60. The fraction of sp³-hybridized carbons (Fsp3) is 0. The molecular weight excluding hydrogens is 589 g/mol. The van der Waals surface area contributed by atoms with Crippen molar-refractivity contribution in [1.29, 1.82) is 0 Å². The van der Waals surface area contributed by atoms with Crippen molar-refractivity contribution in [2.45, 2.75) is 0 Å². The summed E-state index contributed by atoms with van der Waals surface area (Å²) in [5.41, 5.74) is 9.67. The van der Waals surface area contributed by atoms with Gasteiger partial charge < -0.3 is 0 Å². The van der Waals surface area contributed by atoms with E-state index in [1.165, 1.54) is 47.6 Å². The Morgan fingerprint density at radius 2 is 0.957 bits per heavy atom. The first-order chi connectivity index (χ1) is 23.3. The minimum Gasteiger partial charge on any atom is -0.228 e. The summed E-state index contributed by atoms with van der Waals surface area (Å²) in [6.07, 6.45) is 0. The van der Waals surface area contributed by atoms with E-state index in [1.54, 1.807) is 0 Å². The van der Waals surface area contributed by atoms with Gasteiger partial charge in [-0.1, -0.05) is 140 Å². The first-order valence-electron chi connectivity index (χ1n) is 15.8. The average Bonchev–Trinajstić information content (AvgIpc) is 3.54. The van der Waals surface area contributed by atoms with E-state index >= 15 is 0 Å². The van der Waals surface area contributed by atoms with Gasteiger partial charge in [0.15, 0.2) is 5.82 Å². The molecule has 0 atom stereocenters. The molecule has 0 aliphatic rings. The zero-order valence-electron chi connectivity index (χ0n) is 25.5. The Kier molecular flexibility index (Phi) is 6.69. The maximum Gasteiger partial charge on any atom is 0.160 e. The van der Waals surface area contributed by atoms with Gasteiger partial charge >= 0.3 is 0 Å². The quantitative estimate of drug-likeness (QED) is 0.192. The van der Waals surface area contributed by atoms with Gasteiger partial charge in [0.25, 0.3) is 0 Å². The summed E-state index contributed by atoms with van der Waals surface area (Å²) in [5.74, 6) is 0.712. The first-order valence-corrected chi connectivity index (χ1v) is 16.6. The van der Waals surface area contributed by atoms with E-state index in [9.17, 15) is 0 Å². The van der Waals surface area contributed by atoms with Gasteiger partial charge in [-0.15, -0.1) is 11.3 Å². The van der Waals surface area contributed by atoms with Gasteiger partial charge in [0, 0.05) is 36.9 Å². The van der Waals surface area contributed by atoms with Crippen LogP contribution in [-0.2, 0) is 0 Å². The lowest BCUT2D eigenvalue weighted by atomic mass is 9.93. The predicted octanol–water partition coefficient (Wildman–Crippen LogP) is 12.3. The van der Waals surface area contributed by atoms with Crippen LogP contribution in [0.5, 0.6) is 0 Å². The summed E-state index contributed by atoms with van der Waals surface area (Å²) in [6, 6.07) is 60.3. The molecule has 0 amide bonds. The standard InChI is InChI=1S/C44H28N2S/c1-3-13-29(14-4-1)32-25-33(36-21-12-23-39-38-20-9-10-24-42(38)47-43(36)39)27-34(26-32)40-28-41(46-44(45-40)31-16-5-2-6-17-31)37-22-11-18-30-15-7-8-19-35(30)37/h1-28H. The second-order valence-corrected chi connectivity index (χ2v) is 12.9. The molecule has 9 rings (SSSR count). The number of aromatic nitrogens is 2. The zero-order valence-corrected chi connectivity index (χ0v) is 26.3. The molecule has 0 spiro atoms. The van der Waals surface area contributed by atoms with Crippen molar-refractivity contribution in [3.05, 3.63) is 170 Å². The monoisotopic (exact) mass is 616 g/mol. The minimum atomic E-state index is 0.712. The molecule has 3 heteroatoms. The SMILES string of the molecule is c1ccc(-c2cc(-c3cc(-c4cccc5ccccc45)nc(-c4ccccc4)n3)cc(-c3cccc4c3sc3ccccc34)c2)cc1. The van der Waals surface area contributed by atoms with Gasteiger partial charge in [0.05, 0.1) is 11.4 Å². The highest BCUT2D eigenvalue weighted by Crippen LogP contribution is 2.42. The van der Waals surface area contributed by atoms with Crippen molar-refractivity contribution in [3.63, 3.8) is 0 Å². The third-order valence-electron chi connectivity index (χ3n) is 8.87. The van der Waals surface area contributed by atoms with Gasteiger partial charge in [0.2, 0.25) is 0 Å². The van der Waals surface area contributed by atoms with Crippen LogP contribution >= 0.6 is 11.3 Å². The predicted molar refractivity (Wildman–Crippen MR) is 200 cm³/mol. The number of benzene rings is 7. The second-order valence-electron chi connectivity index (χ2n) is 11.8. The summed E-state index contributed by atoms with van der Waals surface area (Å²) in [5, 5.41) is 4.96. The van der Waals surface area contributed by atoms with Crippen molar-refractivity contribution in [3.8, 4) is 56.2 Å². The Hall–Kier alpha value is -5.90. The molecule has 0 N–H and O–H groups in total. The van der Waals surface area contributed by atoms with Crippen LogP contribution in [-0.4, -0.2) is 9.97 Å². The van der Waals surface area contributed by atoms with E-state index in [1.807, 2.05) is 29.5 Å². The van der Waals surface area contributed by atoms with Gasteiger partial charge in [0.1, 0.15) is 0 Å². The lowest BCUT2D eigenvalue weighted by Gasteiger charge is -2.14. The largest absolute Gasteiger partial charge is 0.228 e. The molecule has 0 bridgehead atoms. The highest BCUT2D eigenvalue weighted by atomic mass is 32.1. The van der Waals surface area contributed by atoms with Crippen LogP contribution in [0.2, 0.25) is 0 Å². The number of hydrogen-bond donors (Lipinski definition) is 0. The molecule has 2 nitrogen and oxygen atoms in total. The summed E-state index contributed by atoms with van der Waals surface area (Å²) in [6.45, 7) is 0. The van der Waals surface area contributed by atoms with Crippen molar-refractivity contribution in [2.24, 2.45) is 0 Å². The van der Waals surface area contributed by atoms with Gasteiger partial charge in [-0.25, -0.2) is 9.97 Å². The summed E-state index contributed by atoms with van der Waals surface area (Å²) >= 11 is 1.86.